The molecule has 3 nitrogen and oxygen atoms in total. The summed E-state index contributed by atoms with van der Waals surface area (Å²) >= 11 is 5.94. The third-order valence-corrected chi connectivity index (χ3v) is 4.27. The number of carbonyl (C=O) groups is 1. The average Bonchev–Trinajstić information content (AvgIpc) is 2.37. The molecule has 0 saturated carbocycles. The van der Waals surface area contributed by atoms with E-state index in [9.17, 15) is 4.79 Å². The Hall–Kier alpha value is -1.06. The highest BCUT2D eigenvalue weighted by Gasteiger charge is 2.31. The molecule has 2 rings (SSSR count). The maximum absolute atomic E-state index is 12.7. The van der Waals surface area contributed by atoms with Crippen LogP contribution in [-0.4, -0.2) is 29.9 Å². The molecule has 0 radical (unpaired) electrons. The quantitative estimate of drug-likeness (QED) is 0.905. The number of halogens is 1. The molecule has 2 unspecified atom stereocenters. The summed E-state index contributed by atoms with van der Waals surface area (Å²) in [4.78, 5) is 14.6. The first-order valence-corrected chi connectivity index (χ1v) is 7.19. The first kappa shape index (κ1) is 14.4. The lowest BCUT2D eigenvalue weighted by Gasteiger charge is -2.39. The second-order valence-electron chi connectivity index (χ2n) is 5.38. The van der Waals surface area contributed by atoms with Gasteiger partial charge in [0.1, 0.15) is 0 Å². The van der Waals surface area contributed by atoms with Gasteiger partial charge < -0.3 is 10.6 Å². The molecule has 1 amide bonds. The van der Waals surface area contributed by atoms with E-state index in [2.05, 4.69) is 6.92 Å². The number of likely N-dealkylation sites (tertiary alicyclic amines) is 1. The molecule has 2 atom stereocenters. The van der Waals surface area contributed by atoms with E-state index < -0.39 is 0 Å². The predicted molar refractivity (Wildman–Crippen MR) is 78.5 cm³/mol. The van der Waals surface area contributed by atoms with Crippen molar-refractivity contribution in [2.24, 2.45) is 11.7 Å². The van der Waals surface area contributed by atoms with Crippen LogP contribution in [0, 0.1) is 12.8 Å². The molecule has 4 heteroatoms. The van der Waals surface area contributed by atoms with E-state index >= 15 is 0 Å². The maximum atomic E-state index is 12.7. The van der Waals surface area contributed by atoms with Crippen LogP contribution < -0.4 is 5.73 Å². The fourth-order valence-corrected chi connectivity index (χ4v) is 3.11. The molecule has 1 saturated heterocycles. The van der Waals surface area contributed by atoms with E-state index in [4.69, 9.17) is 17.3 Å². The van der Waals surface area contributed by atoms with Crippen molar-refractivity contribution in [3.05, 3.63) is 34.3 Å². The van der Waals surface area contributed by atoms with Crippen molar-refractivity contribution < 1.29 is 4.79 Å². The molecule has 19 heavy (non-hydrogen) atoms. The number of nitrogens with two attached hydrogens (primary N) is 1. The van der Waals surface area contributed by atoms with Crippen LogP contribution in [0.1, 0.15) is 35.7 Å². The molecule has 0 spiro atoms. The minimum Gasteiger partial charge on any atom is -0.334 e. The van der Waals surface area contributed by atoms with Gasteiger partial charge in [0.05, 0.1) is 0 Å². The van der Waals surface area contributed by atoms with Crippen LogP contribution in [0.5, 0.6) is 0 Å². The fourth-order valence-electron chi connectivity index (χ4n) is 2.88. The molecule has 1 aliphatic heterocycles. The van der Waals surface area contributed by atoms with E-state index in [0.29, 0.717) is 17.5 Å². The van der Waals surface area contributed by atoms with Gasteiger partial charge in [0.25, 0.3) is 5.91 Å². The van der Waals surface area contributed by atoms with Gasteiger partial charge >= 0.3 is 0 Å². The molecule has 2 N–H and O–H groups in total. The summed E-state index contributed by atoms with van der Waals surface area (Å²) in [7, 11) is 0. The summed E-state index contributed by atoms with van der Waals surface area (Å²) in [6, 6.07) is 5.57. The van der Waals surface area contributed by atoms with Gasteiger partial charge in [0, 0.05) is 29.7 Å². The lowest BCUT2D eigenvalue weighted by molar-refractivity contribution is 0.0532. The monoisotopic (exact) mass is 280 g/mol. The van der Waals surface area contributed by atoms with Gasteiger partial charge in [-0.1, -0.05) is 18.5 Å². The minimum atomic E-state index is 0.0798. The summed E-state index contributed by atoms with van der Waals surface area (Å²) in [5.41, 5.74) is 7.50. The Morgan fingerprint density at radius 2 is 2.26 bits per heavy atom. The van der Waals surface area contributed by atoms with Gasteiger partial charge in [0.2, 0.25) is 0 Å². The Morgan fingerprint density at radius 3 is 2.89 bits per heavy atom. The number of hydrogen-bond acceptors (Lipinski definition) is 2. The third kappa shape index (κ3) is 2.93. The van der Waals surface area contributed by atoms with Crippen molar-refractivity contribution in [3.8, 4) is 0 Å². The maximum Gasteiger partial charge on any atom is 0.254 e. The second-order valence-corrected chi connectivity index (χ2v) is 5.82. The van der Waals surface area contributed by atoms with E-state index in [1.165, 1.54) is 0 Å². The molecule has 1 aliphatic rings. The number of hydrogen-bond donors (Lipinski definition) is 1. The molecule has 104 valence electrons. The van der Waals surface area contributed by atoms with Gasteiger partial charge in [-0.2, -0.15) is 0 Å². The lowest BCUT2D eigenvalue weighted by Crippen LogP contribution is -2.51. The van der Waals surface area contributed by atoms with E-state index in [1.807, 2.05) is 24.0 Å². The van der Waals surface area contributed by atoms with Crippen LogP contribution in [0.3, 0.4) is 0 Å². The zero-order chi connectivity index (χ0) is 14.0. The van der Waals surface area contributed by atoms with Crippen molar-refractivity contribution in [1.29, 1.82) is 0 Å². The molecule has 1 aromatic rings. The highest BCUT2D eigenvalue weighted by Crippen LogP contribution is 2.25. The van der Waals surface area contributed by atoms with Crippen molar-refractivity contribution in [2.45, 2.75) is 32.7 Å². The van der Waals surface area contributed by atoms with Crippen LogP contribution in [0.25, 0.3) is 0 Å². The largest absolute Gasteiger partial charge is 0.334 e. The summed E-state index contributed by atoms with van der Waals surface area (Å²) in [5.74, 6) is 0.548. The summed E-state index contributed by atoms with van der Waals surface area (Å²) in [5, 5.41) is 0.663. The second kappa shape index (κ2) is 5.93. The van der Waals surface area contributed by atoms with Gasteiger partial charge in [-0.3, -0.25) is 4.79 Å². The summed E-state index contributed by atoms with van der Waals surface area (Å²) in [6.45, 7) is 5.42. The Labute approximate surface area is 119 Å². The summed E-state index contributed by atoms with van der Waals surface area (Å²) < 4.78 is 0. The molecule has 1 fully saturated rings. The number of aryl methyl sites for hydroxylation is 1. The van der Waals surface area contributed by atoms with E-state index in [1.54, 1.807) is 6.07 Å². The molecule has 0 aliphatic carbocycles. The zero-order valence-corrected chi connectivity index (χ0v) is 12.3. The van der Waals surface area contributed by atoms with Crippen LogP contribution in [-0.2, 0) is 0 Å². The third-order valence-electron chi connectivity index (χ3n) is 4.04. The Bertz CT molecular complexity index is 475. The number of carbonyl (C=O) groups excluding carboxylic acids is 1. The van der Waals surface area contributed by atoms with E-state index in [0.717, 1.165) is 30.5 Å². The van der Waals surface area contributed by atoms with Gasteiger partial charge in [0.15, 0.2) is 0 Å². The zero-order valence-electron chi connectivity index (χ0n) is 11.5. The first-order chi connectivity index (χ1) is 9.04. The highest BCUT2D eigenvalue weighted by atomic mass is 35.5. The SMILES string of the molecule is Cc1cc(Cl)ccc1C(=O)N1CCCC(C)C1CN. The molecular formula is C15H21ClN2O. The van der Waals surface area contributed by atoms with Crippen LogP contribution >= 0.6 is 11.6 Å². The number of benzene rings is 1. The minimum absolute atomic E-state index is 0.0798. The molecule has 1 aromatic carbocycles. The van der Waals surface area contributed by atoms with Gasteiger partial charge in [-0.15, -0.1) is 0 Å². The van der Waals surface area contributed by atoms with E-state index in [-0.39, 0.29) is 11.9 Å². The van der Waals surface area contributed by atoms with Crippen LogP contribution in [0.4, 0.5) is 0 Å². The molecule has 1 heterocycles. The Kier molecular flexibility index (Phi) is 4.48. The van der Waals surface area contributed by atoms with Gasteiger partial charge in [-0.25, -0.2) is 0 Å². The standard InChI is InChI=1S/C15H21ClN2O/c1-10-4-3-7-18(14(10)9-17)15(19)13-6-5-12(16)8-11(13)2/h5-6,8,10,14H,3-4,7,9,17H2,1-2H3. The van der Waals surface area contributed by atoms with Crippen LogP contribution in [0.15, 0.2) is 18.2 Å². The predicted octanol–water partition coefficient (Wildman–Crippen LogP) is 2.85. The van der Waals surface area contributed by atoms with Gasteiger partial charge in [-0.05, 0) is 49.4 Å². The number of amides is 1. The van der Waals surface area contributed by atoms with Crippen molar-refractivity contribution in [1.82, 2.24) is 4.90 Å². The van der Waals surface area contributed by atoms with Crippen molar-refractivity contribution in [3.63, 3.8) is 0 Å². The number of rotatable bonds is 2. The smallest absolute Gasteiger partial charge is 0.254 e. The van der Waals surface area contributed by atoms with Crippen LogP contribution in [0.2, 0.25) is 5.02 Å². The normalized spacial score (nSPS) is 23.5. The lowest BCUT2D eigenvalue weighted by atomic mass is 9.90. The Balaban J connectivity index is 2.27. The molecule has 0 bridgehead atoms. The number of piperidine rings is 1. The first-order valence-electron chi connectivity index (χ1n) is 6.81. The molecule has 0 aromatic heterocycles. The number of nitrogens with zero attached hydrogens (tertiary/aromatic N) is 1. The highest BCUT2D eigenvalue weighted by molar-refractivity contribution is 6.30. The topological polar surface area (TPSA) is 46.3 Å². The van der Waals surface area contributed by atoms with Crippen molar-refractivity contribution in [2.75, 3.05) is 13.1 Å². The average molecular weight is 281 g/mol. The van der Waals surface area contributed by atoms with Crippen molar-refractivity contribution >= 4 is 17.5 Å². The Morgan fingerprint density at radius 1 is 1.53 bits per heavy atom. The molecular weight excluding hydrogens is 260 g/mol. The summed E-state index contributed by atoms with van der Waals surface area (Å²) in [6.07, 6.45) is 2.20. The fraction of sp³-hybridized carbons (Fsp3) is 0.533.